The van der Waals surface area contributed by atoms with E-state index in [0.717, 1.165) is 4.88 Å². The number of aromatic nitrogens is 4. The van der Waals surface area contributed by atoms with Crippen LogP contribution in [0.25, 0.3) is 10.7 Å². The van der Waals surface area contributed by atoms with Crippen LogP contribution in [0.15, 0.2) is 17.5 Å². The summed E-state index contributed by atoms with van der Waals surface area (Å²) in [6.07, 6.45) is 0.565. The standard InChI is InChI=1S/C13H19N5O2S/c1-10(2)17(6-4-7-19)12(20)9-18-15-13(14-16-18)11-5-3-8-21-11/h3,5,8,10,19H,4,6-7,9H2,1-2H3. The molecular weight excluding hydrogens is 290 g/mol. The number of rotatable bonds is 7. The second kappa shape index (κ2) is 7.28. The van der Waals surface area contributed by atoms with Crippen molar-refractivity contribution >= 4 is 17.2 Å². The van der Waals surface area contributed by atoms with E-state index in [1.807, 2.05) is 31.4 Å². The molecule has 0 saturated carbocycles. The van der Waals surface area contributed by atoms with E-state index < -0.39 is 0 Å². The predicted molar refractivity (Wildman–Crippen MR) is 79.7 cm³/mol. The van der Waals surface area contributed by atoms with Crippen molar-refractivity contribution in [3.63, 3.8) is 0 Å². The summed E-state index contributed by atoms with van der Waals surface area (Å²) in [7, 11) is 0. The SMILES string of the molecule is CC(C)N(CCCO)C(=O)Cn1nnc(-c2cccs2)n1. The van der Waals surface area contributed by atoms with Crippen molar-refractivity contribution < 1.29 is 9.90 Å². The molecule has 0 fully saturated rings. The van der Waals surface area contributed by atoms with E-state index in [1.54, 1.807) is 4.90 Å². The normalized spacial score (nSPS) is 11.0. The number of carbonyl (C=O) groups is 1. The van der Waals surface area contributed by atoms with Crippen molar-refractivity contribution in [3.8, 4) is 10.7 Å². The lowest BCUT2D eigenvalue weighted by molar-refractivity contribution is -0.134. The molecule has 114 valence electrons. The molecule has 0 saturated heterocycles. The van der Waals surface area contributed by atoms with Crippen molar-refractivity contribution in [1.82, 2.24) is 25.1 Å². The van der Waals surface area contributed by atoms with Crippen LogP contribution in [-0.2, 0) is 11.3 Å². The lowest BCUT2D eigenvalue weighted by Gasteiger charge is -2.26. The van der Waals surface area contributed by atoms with E-state index in [4.69, 9.17) is 5.11 Å². The first-order chi connectivity index (χ1) is 10.1. The van der Waals surface area contributed by atoms with Gasteiger partial charge in [-0.3, -0.25) is 4.79 Å². The fourth-order valence-electron chi connectivity index (χ4n) is 1.94. The molecule has 0 atom stereocenters. The van der Waals surface area contributed by atoms with Gasteiger partial charge in [-0.1, -0.05) is 6.07 Å². The Morgan fingerprint density at radius 3 is 2.95 bits per heavy atom. The molecule has 7 nitrogen and oxygen atoms in total. The maximum atomic E-state index is 12.3. The highest BCUT2D eigenvalue weighted by Gasteiger charge is 2.18. The minimum Gasteiger partial charge on any atom is -0.396 e. The number of hydrogen-bond acceptors (Lipinski definition) is 6. The molecule has 0 radical (unpaired) electrons. The minimum atomic E-state index is -0.0754. The summed E-state index contributed by atoms with van der Waals surface area (Å²) in [5.41, 5.74) is 0. The summed E-state index contributed by atoms with van der Waals surface area (Å²) in [5.74, 6) is 0.456. The molecule has 0 unspecified atom stereocenters. The van der Waals surface area contributed by atoms with Gasteiger partial charge >= 0.3 is 0 Å². The van der Waals surface area contributed by atoms with Crippen LogP contribution in [-0.4, -0.2) is 55.3 Å². The number of amides is 1. The largest absolute Gasteiger partial charge is 0.396 e. The van der Waals surface area contributed by atoms with E-state index in [-0.39, 0.29) is 25.1 Å². The van der Waals surface area contributed by atoms with E-state index in [0.29, 0.717) is 18.8 Å². The van der Waals surface area contributed by atoms with Gasteiger partial charge < -0.3 is 10.0 Å². The van der Waals surface area contributed by atoms with Crippen LogP contribution < -0.4 is 0 Å². The Morgan fingerprint density at radius 2 is 2.33 bits per heavy atom. The highest BCUT2D eigenvalue weighted by Crippen LogP contribution is 2.19. The fraction of sp³-hybridized carbons (Fsp3) is 0.538. The van der Waals surface area contributed by atoms with Crippen molar-refractivity contribution in [2.24, 2.45) is 0 Å². The van der Waals surface area contributed by atoms with E-state index in [2.05, 4.69) is 15.4 Å². The molecule has 2 aromatic heterocycles. The van der Waals surface area contributed by atoms with E-state index in [1.165, 1.54) is 16.1 Å². The number of hydrogen-bond donors (Lipinski definition) is 1. The van der Waals surface area contributed by atoms with Gasteiger partial charge in [-0.05, 0) is 36.9 Å². The number of tetrazole rings is 1. The maximum Gasteiger partial charge on any atom is 0.246 e. The molecule has 0 aliphatic rings. The average molecular weight is 309 g/mol. The molecule has 1 N–H and O–H groups in total. The molecule has 2 aromatic rings. The van der Waals surface area contributed by atoms with Gasteiger partial charge in [0.1, 0.15) is 6.54 Å². The van der Waals surface area contributed by atoms with Crippen LogP contribution in [0, 0.1) is 0 Å². The third-order valence-corrected chi connectivity index (χ3v) is 3.84. The molecule has 21 heavy (non-hydrogen) atoms. The van der Waals surface area contributed by atoms with Gasteiger partial charge in [0.05, 0.1) is 4.88 Å². The number of aliphatic hydroxyl groups excluding tert-OH is 1. The van der Waals surface area contributed by atoms with Crippen LogP contribution in [0.5, 0.6) is 0 Å². The minimum absolute atomic E-state index is 0.0575. The van der Waals surface area contributed by atoms with E-state index in [9.17, 15) is 4.79 Å². The first kappa shape index (κ1) is 15.6. The zero-order valence-electron chi connectivity index (χ0n) is 12.1. The summed E-state index contributed by atoms with van der Waals surface area (Å²) in [6.45, 7) is 4.55. The molecule has 0 spiro atoms. The Balaban J connectivity index is 2.01. The van der Waals surface area contributed by atoms with Crippen molar-refractivity contribution in [2.45, 2.75) is 32.9 Å². The Bertz CT molecular complexity index is 567. The molecule has 1 amide bonds. The number of nitrogens with zero attached hydrogens (tertiary/aromatic N) is 5. The first-order valence-electron chi connectivity index (χ1n) is 6.84. The first-order valence-corrected chi connectivity index (χ1v) is 7.71. The smallest absolute Gasteiger partial charge is 0.246 e. The van der Waals surface area contributed by atoms with Crippen LogP contribution >= 0.6 is 11.3 Å². The summed E-state index contributed by atoms with van der Waals surface area (Å²) < 4.78 is 0. The Hall–Kier alpha value is -1.80. The zero-order valence-corrected chi connectivity index (χ0v) is 13.0. The number of aliphatic hydroxyl groups is 1. The molecule has 8 heteroatoms. The van der Waals surface area contributed by atoms with Gasteiger partial charge in [-0.25, -0.2) is 0 Å². The quantitative estimate of drug-likeness (QED) is 0.825. The lowest BCUT2D eigenvalue weighted by Crippen LogP contribution is -2.40. The van der Waals surface area contributed by atoms with Gasteiger partial charge in [0.15, 0.2) is 0 Å². The molecule has 0 aliphatic heterocycles. The Labute approximate surface area is 127 Å². The van der Waals surface area contributed by atoms with Crippen LogP contribution in [0.4, 0.5) is 0 Å². The topological polar surface area (TPSA) is 84.1 Å². The Morgan fingerprint density at radius 1 is 1.52 bits per heavy atom. The second-order valence-electron chi connectivity index (χ2n) is 4.88. The molecule has 2 heterocycles. The molecule has 0 bridgehead atoms. The number of carbonyl (C=O) groups excluding carboxylic acids is 1. The fourth-order valence-corrected chi connectivity index (χ4v) is 2.59. The van der Waals surface area contributed by atoms with Gasteiger partial charge in [-0.2, -0.15) is 4.80 Å². The summed E-state index contributed by atoms with van der Waals surface area (Å²) in [5, 5.41) is 22.9. The van der Waals surface area contributed by atoms with Crippen molar-refractivity contribution in [1.29, 1.82) is 0 Å². The van der Waals surface area contributed by atoms with Crippen LogP contribution in [0.1, 0.15) is 20.3 Å². The van der Waals surface area contributed by atoms with E-state index >= 15 is 0 Å². The molecule has 2 rings (SSSR count). The number of thiophene rings is 1. The molecule has 0 aromatic carbocycles. The Kier molecular flexibility index (Phi) is 5.40. The van der Waals surface area contributed by atoms with Gasteiger partial charge in [0.25, 0.3) is 0 Å². The lowest BCUT2D eigenvalue weighted by atomic mass is 10.3. The molecule has 0 aliphatic carbocycles. The highest BCUT2D eigenvalue weighted by atomic mass is 32.1. The molecular formula is C13H19N5O2S. The average Bonchev–Trinajstić information content (AvgIpc) is 3.08. The van der Waals surface area contributed by atoms with Crippen molar-refractivity contribution in [2.75, 3.05) is 13.2 Å². The monoisotopic (exact) mass is 309 g/mol. The summed E-state index contributed by atoms with van der Waals surface area (Å²) in [6, 6.07) is 3.90. The summed E-state index contributed by atoms with van der Waals surface area (Å²) >= 11 is 1.53. The van der Waals surface area contributed by atoms with Gasteiger partial charge in [0, 0.05) is 19.2 Å². The third-order valence-electron chi connectivity index (χ3n) is 2.97. The predicted octanol–water partition coefficient (Wildman–Crippen LogP) is 1.02. The third kappa shape index (κ3) is 4.08. The van der Waals surface area contributed by atoms with Crippen LogP contribution in [0.3, 0.4) is 0 Å². The summed E-state index contributed by atoms with van der Waals surface area (Å²) in [4.78, 5) is 16.2. The zero-order chi connectivity index (χ0) is 15.2. The van der Waals surface area contributed by atoms with Gasteiger partial charge in [-0.15, -0.1) is 21.5 Å². The maximum absolute atomic E-state index is 12.3. The van der Waals surface area contributed by atoms with Crippen LogP contribution in [0.2, 0.25) is 0 Å². The highest BCUT2D eigenvalue weighted by molar-refractivity contribution is 7.13. The second-order valence-corrected chi connectivity index (χ2v) is 5.83. The van der Waals surface area contributed by atoms with Crippen molar-refractivity contribution in [3.05, 3.63) is 17.5 Å². The van der Waals surface area contributed by atoms with Gasteiger partial charge in [0.2, 0.25) is 11.7 Å².